The number of nitrogens with zero attached hydrogens (tertiary/aromatic N) is 3. The van der Waals surface area contributed by atoms with Gasteiger partial charge in [0.15, 0.2) is 0 Å². The molecule has 10 heteroatoms. The van der Waals surface area contributed by atoms with Crippen LogP contribution in [-0.2, 0) is 28.7 Å². The monoisotopic (exact) mass is 623 g/mol. The molecule has 10 nitrogen and oxygen atoms in total. The van der Waals surface area contributed by atoms with Gasteiger partial charge in [-0.05, 0) is 58.9 Å². The van der Waals surface area contributed by atoms with Crippen molar-refractivity contribution < 1.29 is 33.8 Å². The van der Waals surface area contributed by atoms with Gasteiger partial charge in [0.2, 0.25) is 17.7 Å². The van der Waals surface area contributed by atoms with Crippen molar-refractivity contribution >= 4 is 23.7 Å². The summed E-state index contributed by atoms with van der Waals surface area (Å²) >= 11 is 0. The minimum Gasteiger partial charge on any atom is -0.455 e. The molecule has 1 N–H and O–H groups in total. The molecule has 0 aromatic heterocycles. The largest absolute Gasteiger partial charge is 0.455 e. The van der Waals surface area contributed by atoms with Crippen LogP contribution in [-0.4, -0.2) is 99.6 Å². The van der Waals surface area contributed by atoms with Crippen LogP contribution in [0.5, 0.6) is 0 Å². The van der Waals surface area contributed by atoms with Gasteiger partial charge in [-0.15, -0.1) is 13.2 Å². The number of hydrogen-bond acceptors (Lipinski definition) is 7. The van der Waals surface area contributed by atoms with E-state index in [1.165, 1.54) is 4.90 Å². The summed E-state index contributed by atoms with van der Waals surface area (Å²) in [5.74, 6) is -3.09. The third-order valence-electron chi connectivity index (χ3n) is 9.63. The lowest BCUT2D eigenvalue weighted by molar-refractivity contribution is -0.164. The molecule has 3 heterocycles. The molecule has 246 valence electrons. The number of benzene rings is 1. The molecule has 1 aromatic rings. The van der Waals surface area contributed by atoms with Crippen LogP contribution in [0.3, 0.4) is 0 Å². The van der Waals surface area contributed by atoms with Crippen LogP contribution in [0.2, 0.25) is 0 Å². The van der Waals surface area contributed by atoms with Crippen molar-refractivity contribution in [3.63, 3.8) is 0 Å². The molecular formula is C35H49N3O7. The average molecular weight is 624 g/mol. The van der Waals surface area contributed by atoms with Crippen molar-refractivity contribution in [1.82, 2.24) is 14.7 Å². The number of likely N-dealkylation sites (N-methyl/N-ethyl adjacent to an activating group) is 1. The van der Waals surface area contributed by atoms with Gasteiger partial charge in [0.1, 0.15) is 17.7 Å². The van der Waals surface area contributed by atoms with Crippen molar-refractivity contribution in [2.75, 3.05) is 26.7 Å². The van der Waals surface area contributed by atoms with Crippen LogP contribution in [0.15, 0.2) is 55.6 Å². The van der Waals surface area contributed by atoms with E-state index in [-0.39, 0.29) is 50.3 Å². The molecule has 4 rings (SSSR count). The van der Waals surface area contributed by atoms with Gasteiger partial charge >= 0.3 is 5.97 Å². The second kappa shape index (κ2) is 13.9. The number of allylic oxidation sites excluding steroid dienone is 1. The van der Waals surface area contributed by atoms with E-state index in [9.17, 15) is 24.3 Å². The molecule has 1 spiro atoms. The molecular weight excluding hydrogens is 574 g/mol. The number of ether oxygens (including phenoxy) is 2. The Morgan fingerprint density at radius 3 is 2.49 bits per heavy atom. The fraction of sp³-hybridized carbons (Fsp3) is 0.600. The number of carbonyl (C=O) groups excluding carboxylic acids is 4. The summed E-state index contributed by atoms with van der Waals surface area (Å²) in [5, 5.41) is 9.64. The predicted molar refractivity (Wildman–Crippen MR) is 170 cm³/mol. The molecule has 3 saturated heterocycles. The van der Waals surface area contributed by atoms with Crippen LogP contribution in [0.4, 0.5) is 0 Å². The summed E-state index contributed by atoms with van der Waals surface area (Å²) in [6.07, 6.45) is 4.03. The number of amides is 3. The molecule has 7 atom stereocenters. The van der Waals surface area contributed by atoms with E-state index in [0.717, 1.165) is 5.56 Å². The topological polar surface area (TPSA) is 117 Å². The maximum absolute atomic E-state index is 14.4. The second-order valence-electron chi connectivity index (χ2n) is 13.4. The first kappa shape index (κ1) is 34.4. The molecule has 3 fully saturated rings. The average Bonchev–Trinajstić information content (AvgIpc) is 3.66. The Kier molecular flexibility index (Phi) is 10.6. The van der Waals surface area contributed by atoms with E-state index < -0.39 is 53.2 Å². The second-order valence-corrected chi connectivity index (χ2v) is 13.4. The number of aliphatic hydroxyl groups is 1. The van der Waals surface area contributed by atoms with Gasteiger partial charge < -0.3 is 29.3 Å². The van der Waals surface area contributed by atoms with Crippen molar-refractivity contribution in [3.05, 3.63) is 61.2 Å². The Morgan fingerprint density at radius 1 is 1.20 bits per heavy atom. The minimum absolute atomic E-state index is 0.101. The number of hydrogen-bond donors (Lipinski definition) is 1. The molecule has 0 aliphatic carbocycles. The summed E-state index contributed by atoms with van der Waals surface area (Å²) < 4.78 is 12.8. The third-order valence-corrected chi connectivity index (χ3v) is 9.63. The normalized spacial score (nSPS) is 26.6. The first-order valence-electron chi connectivity index (χ1n) is 16.0. The molecule has 0 radical (unpaired) electrons. The van der Waals surface area contributed by atoms with E-state index in [2.05, 4.69) is 13.2 Å². The SMILES string of the molecule is C=CCCC(=O)N(C)[C@@H](C)[C@@H](OC(=O)[C@@H]1[C@H]2C(=O)N(CCCO)[C@H](C(=O)N(CC=C)C(C)(C)C)[C@]23CC[C@H]1O3)c1ccccc1. The highest BCUT2D eigenvalue weighted by molar-refractivity contribution is 5.98. The van der Waals surface area contributed by atoms with Crippen molar-refractivity contribution in [1.29, 1.82) is 0 Å². The highest BCUT2D eigenvalue weighted by Crippen LogP contribution is 2.59. The number of esters is 1. The molecule has 3 amide bonds. The van der Waals surface area contributed by atoms with Crippen molar-refractivity contribution in [3.8, 4) is 0 Å². The Balaban J connectivity index is 1.68. The van der Waals surface area contributed by atoms with Crippen molar-refractivity contribution in [2.45, 2.75) is 95.2 Å². The van der Waals surface area contributed by atoms with E-state index >= 15 is 0 Å². The van der Waals surface area contributed by atoms with E-state index in [1.807, 2.05) is 58.0 Å². The first-order chi connectivity index (χ1) is 21.3. The van der Waals surface area contributed by atoms with Crippen LogP contribution in [0.1, 0.15) is 71.5 Å². The fourth-order valence-corrected chi connectivity index (χ4v) is 7.28. The lowest BCUT2D eigenvalue weighted by atomic mass is 9.70. The number of fused-ring (bicyclic) bond motifs is 1. The van der Waals surface area contributed by atoms with Crippen LogP contribution >= 0.6 is 0 Å². The number of rotatable bonds is 14. The number of aliphatic hydroxyl groups excluding tert-OH is 1. The predicted octanol–water partition coefficient (Wildman–Crippen LogP) is 3.65. The first-order valence-corrected chi connectivity index (χ1v) is 16.0. The molecule has 3 aliphatic rings. The number of likely N-dealkylation sites (tertiary alicyclic amines) is 1. The van der Waals surface area contributed by atoms with Gasteiger partial charge in [0.05, 0.1) is 24.0 Å². The standard InChI is InChI=1S/C35H49N3O7/c1-8-10-17-26(40)36(7)23(3)29(24-15-12-11-13-16-24)44-33(43)27-25-18-19-35(45-25)28(27)31(41)37(21-14-22-39)30(35)32(42)38(20-9-2)34(4,5)6/h8-9,11-13,15-16,23,25,27-30,39H,1-2,10,14,17-22H2,3-7H3/t23-,25+,27-,28-,29+,30+,35-/m0/s1. The molecule has 1 aromatic carbocycles. The lowest BCUT2D eigenvalue weighted by Crippen LogP contribution is -2.60. The third kappa shape index (κ3) is 6.45. The molecule has 2 bridgehead atoms. The van der Waals surface area contributed by atoms with E-state index in [1.54, 1.807) is 29.0 Å². The Labute approximate surface area is 267 Å². The van der Waals surface area contributed by atoms with E-state index in [0.29, 0.717) is 19.3 Å². The maximum atomic E-state index is 14.4. The quantitative estimate of drug-likeness (QED) is 0.248. The Hall–Kier alpha value is -3.50. The fourth-order valence-electron chi connectivity index (χ4n) is 7.28. The highest BCUT2D eigenvalue weighted by Gasteiger charge is 2.75. The maximum Gasteiger partial charge on any atom is 0.313 e. The summed E-state index contributed by atoms with van der Waals surface area (Å²) in [6.45, 7) is 15.4. The highest BCUT2D eigenvalue weighted by atomic mass is 16.6. The van der Waals surface area contributed by atoms with Gasteiger partial charge in [-0.3, -0.25) is 19.2 Å². The van der Waals surface area contributed by atoms with Crippen LogP contribution in [0.25, 0.3) is 0 Å². The Bertz CT molecular complexity index is 1280. The summed E-state index contributed by atoms with van der Waals surface area (Å²) in [4.78, 5) is 60.5. The zero-order valence-electron chi connectivity index (χ0n) is 27.3. The molecule has 3 aliphatic heterocycles. The van der Waals surface area contributed by atoms with Gasteiger partial charge in [0.25, 0.3) is 0 Å². The lowest BCUT2D eigenvalue weighted by Gasteiger charge is -2.42. The Morgan fingerprint density at radius 2 is 1.89 bits per heavy atom. The number of carbonyl (C=O) groups is 4. The molecule has 0 unspecified atom stereocenters. The van der Waals surface area contributed by atoms with Crippen LogP contribution < -0.4 is 0 Å². The molecule has 0 saturated carbocycles. The summed E-state index contributed by atoms with van der Waals surface area (Å²) in [5.41, 5.74) is -1.02. The van der Waals surface area contributed by atoms with Gasteiger partial charge in [-0.2, -0.15) is 0 Å². The smallest absolute Gasteiger partial charge is 0.313 e. The summed E-state index contributed by atoms with van der Waals surface area (Å²) in [6, 6.07) is 7.80. The van der Waals surface area contributed by atoms with Gasteiger partial charge in [-0.1, -0.05) is 42.5 Å². The van der Waals surface area contributed by atoms with Crippen molar-refractivity contribution in [2.24, 2.45) is 11.8 Å². The molecule has 45 heavy (non-hydrogen) atoms. The zero-order valence-corrected chi connectivity index (χ0v) is 27.3. The zero-order chi connectivity index (χ0) is 33.1. The minimum atomic E-state index is -1.19. The van der Waals surface area contributed by atoms with Crippen LogP contribution in [0, 0.1) is 11.8 Å². The van der Waals surface area contributed by atoms with Gasteiger partial charge in [-0.25, -0.2) is 0 Å². The summed E-state index contributed by atoms with van der Waals surface area (Å²) in [7, 11) is 1.69. The van der Waals surface area contributed by atoms with Gasteiger partial charge in [0, 0.05) is 38.7 Å². The van der Waals surface area contributed by atoms with E-state index in [4.69, 9.17) is 9.47 Å².